The standard InChI is InChI=1S/C26H33N/c1-2-3-4-5-6-11-16-27-18-25-21-13-8-7-12-20(21)23-17-26(25,19-27)24-15-10-9-14-22(23)24/h7-10,12-15,23,25H,2-6,11,16-19H2,1H3. The van der Waals surface area contributed by atoms with Crippen LogP contribution in [0, 0.1) is 0 Å². The van der Waals surface area contributed by atoms with Crippen molar-refractivity contribution in [3.05, 3.63) is 70.8 Å². The predicted octanol–water partition coefficient (Wildman–Crippen LogP) is 6.23. The molecule has 0 amide bonds. The van der Waals surface area contributed by atoms with E-state index in [1.165, 1.54) is 64.6 Å². The van der Waals surface area contributed by atoms with Crippen molar-refractivity contribution >= 4 is 0 Å². The van der Waals surface area contributed by atoms with Gasteiger partial charge in [0.05, 0.1) is 0 Å². The van der Waals surface area contributed by atoms with Gasteiger partial charge in [-0.05, 0) is 41.6 Å². The fourth-order valence-corrected chi connectivity index (χ4v) is 6.43. The summed E-state index contributed by atoms with van der Waals surface area (Å²) in [7, 11) is 0. The van der Waals surface area contributed by atoms with Crippen LogP contribution in [0.15, 0.2) is 48.5 Å². The molecule has 0 N–H and O–H groups in total. The molecule has 142 valence electrons. The molecule has 2 aliphatic carbocycles. The van der Waals surface area contributed by atoms with Crippen LogP contribution in [0.5, 0.6) is 0 Å². The highest BCUT2D eigenvalue weighted by Gasteiger charge is 2.57. The van der Waals surface area contributed by atoms with Gasteiger partial charge in [0.15, 0.2) is 0 Å². The zero-order valence-corrected chi connectivity index (χ0v) is 16.8. The van der Waals surface area contributed by atoms with Crippen molar-refractivity contribution in [3.8, 4) is 0 Å². The molecule has 1 fully saturated rings. The molecule has 3 atom stereocenters. The van der Waals surface area contributed by atoms with Crippen LogP contribution in [0.2, 0.25) is 0 Å². The first kappa shape index (κ1) is 17.5. The maximum Gasteiger partial charge on any atom is 0.0173 e. The average Bonchev–Trinajstić information content (AvgIpc) is 3.23. The monoisotopic (exact) mass is 359 g/mol. The van der Waals surface area contributed by atoms with E-state index >= 15 is 0 Å². The number of nitrogens with zero attached hydrogens (tertiary/aromatic N) is 1. The van der Waals surface area contributed by atoms with Crippen LogP contribution in [0.1, 0.15) is 86.0 Å². The average molecular weight is 360 g/mol. The Labute approximate surface area is 164 Å². The summed E-state index contributed by atoms with van der Waals surface area (Å²) in [6, 6.07) is 18.7. The molecular weight excluding hydrogens is 326 g/mol. The van der Waals surface area contributed by atoms with Gasteiger partial charge in [0.25, 0.3) is 0 Å². The third-order valence-electron chi connectivity index (χ3n) is 7.63. The van der Waals surface area contributed by atoms with Crippen molar-refractivity contribution in [3.63, 3.8) is 0 Å². The molecule has 2 aromatic carbocycles. The Morgan fingerprint density at radius 3 is 2.41 bits per heavy atom. The van der Waals surface area contributed by atoms with Gasteiger partial charge in [-0.15, -0.1) is 0 Å². The van der Waals surface area contributed by atoms with Crippen LogP contribution < -0.4 is 0 Å². The van der Waals surface area contributed by atoms with E-state index in [9.17, 15) is 0 Å². The van der Waals surface area contributed by atoms with Crippen LogP contribution in [-0.4, -0.2) is 24.5 Å². The van der Waals surface area contributed by atoms with Gasteiger partial charge in [0.2, 0.25) is 0 Å². The van der Waals surface area contributed by atoms with E-state index in [4.69, 9.17) is 0 Å². The van der Waals surface area contributed by atoms with Crippen LogP contribution >= 0.6 is 0 Å². The molecule has 1 heteroatoms. The molecule has 1 saturated heterocycles. The highest BCUT2D eigenvalue weighted by molar-refractivity contribution is 5.58. The largest absolute Gasteiger partial charge is 0.302 e. The minimum Gasteiger partial charge on any atom is -0.302 e. The molecular formula is C26H33N. The Morgan fingerprint density at radius 1 is 0.852 bits per heavy atom. The summed E-state index contributed by atoms with van der Waals surface area (Å²) in [6.07, 6.45) is 9.71. The maximum absolute atomic E-state index is 2.80. The first-order valence-electron chi connectivity index (χ1n) is 11.2. The van der Waals surface area contributed by atoms with Gasteiger partial charge in [0, 0.05) is 30.3 Å². The van der Waals surface area contributed by atoms with Gasteiger partial charge in [-0.3, -0.25) is 0 Å². The Hall–Kier alpha value is -1.60. The van der Waals surface area contributed by atoms with E-state index in [0.29, 0.717) is 17.3 Å². The Balaban J connectivity index is 1.38. The van der Waals surface area contributed by atoms with Crippen molar-refractivity contribution in [1.82, 2.24) is 4.90 Å². The molecule has 2 aromatic rings. The lowest BCUT2D eigenvalue weighted by atomic mass is 9.65. The SMILES string of the molecule is CCCCCCCCN1CC2c3ccccc3C3CC2(C1)c1ccccc13. The molecule has 1 heterocycles. The summed E-state index contributed by atoms with van der Waals surface area (Å²) < 4.78 is 0. The van der Waals surface area contributed by atoms with E-state index in [2.05, 4.69) is 60.4 Å². The Kier molecular flexibility index (Phi) is 4.60. The molecule has 3 unspecified atom stereocenters. The Bertz CT molecular complexity index is 798. The summed E-state index contributed by atoms with van der Waals surface area (Å²) in [4.78, 5) is 2.80. The second kappa shape index (κ2) is 7.09. The number of hydrogen-bond acceptors (Lipinski definition) is 1. The van der Waals surface area contributed by atoms with Gasteiger partial charge in [-0.1, -0.05) is 87.6 Å². The molecule has 5 rings (SSSR count). The molecule has 1 nitrogen and oxygen atoms in total. The molecule has 1 aliphatic heterocycles. The lowest BCUT2D eigenvalue weighted by Gasteiger charge is -2.37. The van der Waals surface area contributed by atoms with Crippen LogP contribution in [0.25, 0.3) is 0 Å². The van der Waals surface area contributed by atoms with Crippen molar-refractivity contribution in [2.45, 2.75) is 69.1 Å². The summed E-state index contributed by atoms with van der Waals surface area (Å²) in [6.45, 7) is 6.12. The van der Waals surface area contributed by atoms with E-state index in [1.54, 1.807) is 22.3 Å². The van der Waals surface area contributed by atoms with E-state index < -0.39 is 0 Å². The zero-order chi connectivity index (χ0) is 18.3. The maximum atomic E-state index is 2.80. The number of unbranched alkanes of at least 4 members (excludes halogenated alkanes) is 5. The molecule has 0 aromatic heterocycles. The third-order valence-corrected chi connectivity index (χ3v) is 7.63. The zero-order valence-electron chi connectivity index (χ0n) is 16.8. The lowest BCUT2D eigenvalue weighted by Crippen LogP contribution is -2.35. The van der Waals surface area contributed by atoms with E-state index in [-0.39, 0.29) is 0 Å². The van der Waals surface area contributed by atoms with Gasteiger partial charge < -0.3 is 4.90 Å². The van der Waals surface area contributed by atoms with Gasteiger partial charge in [-0.25, -0.2) is 0 Å². The number of hydrogen-bond donors (Lipinski definition) is 0. The summed E-state index contributed by atoms with van der Waals surface area (Å²) in [5, 5.41) is 0. The number of rotatable bonds is 7. The summed E-state index contributed by atoms with van der Waals surface area (Å²) >= 11 is 0. The van der Waals surface area contributed by atoms with Gasteiger partial charge in [0.1, 0.15) is 0 Å². The van der Waals surface area contributed by atoms with E-state index in [0.717, 1.165) is 0 Å². The fraction of sp³-hybridized carbons (Fsp3) is 0.538. The molecule has 0 saturated carbocycles. The van der Waals surface area contributed by atoms with Crippen LogP contribution in [0.3, 0.4) is 0 Å². The first-order chi connectivity index (χ1) is 13.3. The topological polar surface area (TPSA) is 3.24 Å². The summed E-state index contributed by atoms with van der Waals surface area (Å²) in [5.41, 5.74) is 6.92. The molecule has 27 heavy (non-hydrogen) atoms. The minimum atomic E-state index is 0.373. The molecule has 1 spiro atoms. The van der Waals surface area contributed by atoms with Crippen molar-refractivity contribution < 1.29 is 0 Å². The lowest BCUT2D eigenvalue weighted by molar-refractivity contribution is 0.297. The van der Waals surface area contributed by atoms with Crippen molar-refractivity contribution in [2.75, 3.05) is 19.6 Å². The van der Waals surface area contributed by atoms with Crippen LogP contribution in [-0.2, 0) is 5.41 Å². The predicted molar refractivity (Wildman–Crippen MR) is 114 cm³/mol. The second-order valence-electron chi connectivity index (χ2n) is 9.18. The van der Waals surface area contributed by atoms with Crippen molar-refractivity contribution in [1.29, 1.82) is 0 Å². The quantitative estimate of drug-likeness (QED) is 0.529. The normalized spacial score (nSPS) is 28.0. The number of fused-ring (bicyclic) bond motifs is 3. The van der Waals surface area contributed by atoms with E-state index in [1.807, 2.05) is 0 Å². The smallest absolute Gasteiger partial charge is 0.0173 e. The number of likely N-dealkylation sites (tertiary alicyclic amines) is 1. The van der Waals surface area contributed by atoms with Gasteiger partial charge in [-0.2, -0.15) is 0 Å². The Morgan fingerprint density at radius 2 is 1.56 bits per heavy atom. The van der Waals surface area contributed by atoms with Gasteiger partial charge >= 0.3 is 0 Å². The second-order valence-corrected chi connectivity index (χ2v) is 9.18. The number of benzene rings is 2. The first-order valence-corrected chi connectivity index (χ1v) is 11.2. The summed E-state index contributed by atoms with van der Waals surface area (Å²) in [5.74, 6) is 1.32. The minimum absolute atomic E-state index is 0.373. The molecule has 2 bridgehead atoms. The van der Waals surface area contributed by atoms with Crippen LogP contribution in [0.4, 0.5) is 0 Å². The fourth-order valence-electron chi connectivity index (χ4n) is 6.43. The highest BCUT2D eigenvalue weighted by Crippen LogP contribution is 2.62. The third kappa shape index (κ3) is 2.78. The molecule has 3 aliphatic rings. The van der Waals surface area contributed by atoms with Crippen molar-refractivity contribution in [2.24, 2.45) is 0 Å². The molecule has 0 radical (unpaired) electrons. The highest BCUT2D eigenvalue weighted by atomic mass is 15.2.